The number of hydrogen-bond acceptors (Lipinski definition) is 4. The first-order chi connectivity index (χ1) is 10.1. The monoisotopic (exact) mass is 361 g/mol. The molecule has 0 saturated heterocycles. The van der Waals surface area contributed by atoms with E-state index in [-0.39, 0.29) is 11.0 Å². The molecule has 0 aliphatic heterocycles. The maximum Gasteiger partial charge on any atom is 0.196 e. The van der Waals surface area contributed by atoms with Gasteiger partial charge in [-0.2, -0.15) is 0 Å². The van der Waals surface area contributed by atoms with E-state index in [0.717, 1.165) is 15.3 Å². The van der Waals surface area contributed by atoms with Gasteiger partial charge < -0.3 is 0 Å². The fourth-order valence-corrected chi connectivity index (χ4v) is 3.14. The first kappa shape index (κ1) is 14.3. The van der Waals surface area contributed by atoms with E-state index >= 15 is 0 Å². The topological polar surface area (TPSA) is 47.3 Å². The van der Waals surface area contributed by atoms with E-state index in [1.54, 1.807) is 0 Å². The molecular weight excluding hydrogens is 350 g/mol. The number of halogens is 1. The van der Waals surface area contributed by atoms with Crippen molar-refractivity contribution in [3.63, 3.8) is 0 Å². The zero-order chi connectivity index (χ0) is 14.8. The summed E-state index contributed by atoms with van der Waals surface area (Å²) in [6.45, 7) is 1.89. The Morgan fingerprint density at radius 2 is 1.95 bits per heavy atom. The second-order valence-corrected chi connectivity index (χ2v) is 6.77. The van der Waals surface area contributed by atoms with Gasteiger partial charge in [0, 0.05) is 16.2 Å². The molecule has 1 atom stereocenters. The van der Waals surface area contributed by atoms with Crippen LogP contribution in [0.5, 0.6) is 0 Å². The number of carbonyl (C=O) groups excluding carboxylic acids is 1. The fraction of sp³-hybridized carbons (Fsp3) is 0.133. The maximum atomic E-state index is 12.4. The van der Waals surface area contributed by atoms with Crippen molar-refractivity contribution in [1.82, 2.24) is 14.6 Å². The van der Waals surface area contributed by atoms with Crippen molar-refractivity contribution in [2.75, 3.05) is 0 Å². The fourth-order valence-electron chi connectivity index (χ4n) is 1.96. The molecule has 0 spiro atoms. The number of rotatable bonds is 4. The Bertz CT molecular complexity index is 785. The number of nitrogens with zero attached hydrogens (tertiary/aromatic N) is 3. The molecule has 0 unspecified atom stereocenters. The van der Waals surface area contributed by atoms with E-state index in [1.807, 2.05) is 60.0 Å². The Kier molecular flexibility index (Phi) is 4.07. The van der Waals surface area contributed by atoms with E-state index in [0.29, 0.717) is 5.56 Å². The highest BCUT2D eigenvalue weighted by Gasteiger charge is 2.19. The van der Waals surface area contributed by atoms with Crippen LogP contribution in [0, 0.1) is 0 Å². The smallest absolute Gasteiger partial charge is 0.196 e. The first-order valence-electron chi connectivity index (χ1n) is 6.41. The Hall–Kier alpha value is -1.66. The molecule has 3 rings (SSSR count). The van der Waals surface area contributed by atoms with Crippen LogP contribution in [0.4, 0.5) is 0 Å². The largest absolute Gasteiger partial charge is 0.293 e. The van der Waals surface area contributed by atoms with Gasteiger partial charge in [-0.3, -0.25) is 9.20 Å². The predicted octanol–water partition coefficient (Wildman–Crippen LogP) is 3.86. The molecule has 0 aliphatic carbocycles. The zero-order valence-corrected chi connectivity index (χ0v) is 13.6. The van der Waals surface area contributed by atoms with Gasteiger partial charge in [-0.25, -0.2) is 0 Å². The molecule has 0 amide bonds. The van der Waals surface area contributed by atoms with Gasteiger partial charge in [-0.1, -0.05) is 45.9 Å². The predicted molar refractivity (Wildman–Crippen MR) is 86.8 cm³/mol. The maximum absolute atomic E-state index is 12.4. The number of benzene rings is 1. The minimum absolute atomic E-state index is 0.0835. The number of fused-ring (bicyclic) bond motifs is 1. The van der Waals surface area contributed by atoms with Crippen LogP contribution in [0.3, 0.4) is 0 Å². The van der Waals surface area contributed by atoms with Gasteiger partial charge in [0.05, 0.1) is 5.25 Å². The average Bonchev–Trinajstić information content (AvgIpc) is 2.91. The number of thioether (sulfide) groups is 1. The molecular formula is C15H12BrN3OS. The van der Waals surface area contributed by atoms with E-state index in [4.69, 9.17) is 0 Å². The lowest BCUT2D eigenvalue weighted by atomic mass is 10.1. The molecule has 0 saturated carbocycles. The van der Waals surface area contributed by atoms with E-state index in [2.05, 4.69) is 26.1 Å². The molecule has 4 nitrogen and oxygen atoms in total. The average molecular weight is 362 g/mol. The number of ketones is 1. The molecule has 6 heteroatoms. The van der Waals surface area contributed by atoms with Crippen molar-refractivity contribution in [2.24, 2.45) is 0 Å². The summed E-state index contributed by atoms with van der Waals surface area (Å²) in [6.07, 6.45) is 1.90. The third-order valence-corrected chi connectivity index (χ3v) is 4.65. The van der Waals surface area contributed by atoms with Crippen LogP contribution < -0.4 is 0 Å². The molecule has 0 aliphatic rings. The molecule has 21 heavy (non-hydrogen) atoms. The lowest BCUT2D eigenvalue weighted by molar-refractivity contribution is 0.0994. The highest BCUT2D eigenvalue weighted by molar-refractivity contribution is 9.10. The molecule has 106 valence electrons. The van der Waals surface area contributed by atoms with Crippen molar-refractivity contribution < 1.29 is 4.79 Å². The molecule has 3 aromatic rings. The third kappa shape index (κ3) is 3.01. The number of Topliss-reactive ketones (excluding diaryl/α,β-unsaturated/α-hetero) is 1. The van der Waals surface area contributed by atoms with Gasteiger partial charge in [0.2, 0.25) is 0 Å². The zero-order valence-electron chi connectivity index (χ0n) is 11.2. The molecule has 0 radical (unpaired) electrons. The molecule has 1 aromatic carbocycles. The summed E-state index contributed by atoms with van der Waals surface area (Å²) in [5.41, 5.74) is 1.48. The summed E-state index contributed by atoms with van der Waals surface area (Å²) in [5.74, 6) is 0.0835. The van der Waals surface area contributed by atoms with Crippen LogP contribution >= 0.6 is 27.7 Å². The van der Waals surface area contributed by atoms with E-state index < -0.39 is 0 Å². The van der Waals surface area contributed by atoms with Crippen LogP contribution in [0.1, 0.15) is 17.3 Å². The van der Waals surface area contributed by atoms with Gasteiger partial charge in [-0.15, -0.1) is 10.2 Å². The minimum Gasteiger partial charge on any atom is -0.293 e. The van der Waals surface area contributed by atoms with Crippen LogP contribution in [0.2, 0.25) is 0 Å². The molecule has 2 aromatic heterocycles. The molecule has 0 fully saturated rings. The Morgan fingerprint density at radius 1 is 1.19 bits per heavy atom. The highest BCUT2D eigenvalue weighted by atomic mass is 79.9. The Labute approximate surface area is 134 Å². The quantitative estimate of drug-likeness (QED) is 0.522. The Morgan fingerprint density at radius 3 is 2.71 bits per heavy atom. The summed E-state index contributed by atoms with van der Waals surface area (Å²) in [4.78, 5) is 12.4. The van der Waals surface area contributed by atoms with Crippen LogP contribution in [-0.4, -0.2) is 25.6 Å². The number of pyridine rings is 1. The van der Waals surface area contributed by atoms with Crippen molar-refractivity contribution in [2.45, 2.75) is 17.3 Å². The van der Waals surface area contributed by atoms with Gasteiger partial charge in [-0.05, 0) is 31.2 Å². The normalized spacial score (nSPS) is 12.5. The standard InChI is InChI=1S/C15H12BrN3OS/c1-10(14(20)11-5-7-12(16)8-6-11)21-15-18-17-13-4-2-3-9-19(13)15/h2-10H,1H3/t10-/m0/s1. The van der Waals surface area contributed by atoms with Gasteiger partial charge in [0.1, 0.15) is 0 Å². The highest BCUT2D eigenvalue weighted by Crippen LogP contribution is 2.25. The van der Waals surface area contributed by atoms with Gasteiger partial charge in [0.25, 0.3) is 0 Å². The second-order valence-electron chi connectivity index (χ2n) is 4.54. The number of aromatic nitrogens is 3. The third-order valence-electron chi connectivity index (χ3n) is 3.06. The summed E-state index contributed by atoms with van der Waals surface area (Å²) in [5, 5.41) is 8.73. The lowest BCUT2D eigenvalue weighted by Crippen LogP contribution is -2.13. The van der Waals surface area contributed by atoms with Crippen molar-refractivity contribution in [3.8, 4) is 0 Å². The summed E-state index contributed by atoms with van der Waals surface area (Å²) in [7, 11) is 0. The SMILES string of the molecule is C[C@H](Sc1nnc2ccccn12)C(=O)c1ccc(Br)cc1. The van der Waals surface area contributed by atoms with Crippen LogP contribution in [-0.2, 0) is 0 Å². The summed E-state index contributed by atoms with van der Waals surface area (Å²) >= 11 is 4.78. The van der Waals surface area contributed by atoms with Crippen molar-refractivity contribution in [3.05, 3.63) is 58.7 Å². The lowest BCUT2D eigenvalue weighted by Gasteiger charge is -2.09. The first-order valence-corrected chi connectivity index (χ1v) is 8.08. The molecule has 2 heterocycles. The minimum atomic E-state index is -0.223. The van der Waals surface area contributed by atoms with E-state index in [1.165, 1.54) is 11.8 Å². The van der Waals surface area contributed by atoms with Gasteiger partial charge in [0.15, 0.2) is 16.6 Å². The van der Waals surface area contributed by atoms with Gasteiger partial charge >= 0.3 is 0 Å². The number of carbonyl (C=O) groups is 1. The molecule has 0 N–H and O–H groups in total. The number of hydrogen-bond donors (Lipinski definition) is 0. The van der Waals surface area contributed by atoms with Crippen molar-refractivity contribution >= 4 is 39.1 Å². The second kappa shape index (κ2) is 5.99. The van der Waals surface area contributed by atoms with Crippen LogP contribution in [0.15, 0.2) is 58.3 Å². The van der Waals surface area contributed by atoms with E-state index in [9.17, 15) is 4.79 Å². The summed E-state index contributed by atoms with van der Waals surface area (Å²) in [6, 6.07) is 13.1. The summed E-state index contributed by atoms with van der Waals surface area (Å²) < 4.78 is 2.85. The molecule has 0 bridgehead atoms. The Balaban J connectivity index is 1.81. The van der Waals surface area contributed by atoms with Crippen molar-refractivity contribution in [1.29, 1.82) is 0 Å². The van der Waals surface area contributed by atoms with Crippen LogP contribution in [0.25, 0.3) is 5.65 Å².